The minimum atomic E-state index is -0.953. The quantitative estimate of drug-likeness (QED) is 0.283. The summed E-state index contributed by atoms with van der Waals surface area (Å²) in [4.78, 5) is 23.6. The first kappa shape index (κ1) is 27.8. The third kappa shape index (κ3) is 5.71. The van der Waals surface area contributed by atoms with Crippen LogP contribution in [-0.4, -0.2) is 56.3 Å². The number of carbonyl (C=O) groups is 1. The Balaban J connectivity index is 1.13. The topological polar surface area (TPSA) is 113 Å². The number of nitrogens with zero attached hydrogens (tertiary/aromatic N) is 5. The van der Waals surface area contributed by atoms with Gasteiger partial charge in [0, 0.05) is 36.0 Å². The summed E-state index contributed by atoms with van der Waals surface area (Å²) >= 11 is 0. The molecule has 2 atom stereocenters. The van der Waals surface area contributed by atoms with Crippen molar-refractivity contribution in [2.75, 3.05) is 19.7 Å². The smallest absolute Gasteiger partial charge is 0.335 e. The highest BCUT2D eigenvalue weighted by molar-refractivity contribution is 5.92. The maximum Gasteiger partial charge on any atom is 0.335 e. The van der Waals surface area contributed by atoms with E-state index in [1.807, 2.05) is 12.1 Å². The van der Waals surface area contributed by atoms with E-state index in [9.17, 15) is 14.3 Å². The summed E-state index contributed by atoms with van der Waals surface area (Å²) in [6.45, 7) is 5.35. The molecule has 9 nitrogen and oxygen atoms in total. The molecule has 0 unspecified atom stereocenters. The zero-order valence-electron chi connectivity index (χ0n) is 23.4. The lowest BCUT2D eigenvalue weighted by Crippen LogP contribution is -2.37. The average Bonchev–Trinajstić information content (AvgIpc) is 3.35. The Hall–Kier alpha value is -4.33. The van der Waals surface area contributed by atoms with Crippen LogP contribution in [0.4, 0.5) is 4.39 Å². The number of likely N-dealkylation sites (tertiary alicyclic amines) is 1. The summed E-state index contributed by atoms with van der Waals surface area (Å²) in [6.07, 6.45) is 4.66. The predicted molar refractivity (Wildman–Crippen MR) is 153 cm³/mol. The molecule has 42 heavy (non-hydrogen) atoms. The SMILES string of the molecule is C[C@@H](c1nc2ccc(C(=O)O)cc2n1C[C@@H]1CCO1)N1CCC(c2cc(OCc3ccc(C#N)cc3F)ccn2)CC1. The van der Waals surface area contributed by atoms with E-state index in [1.54, 1.807) is 42.6 Å². The highest BCUT2D eigenvalue weighted by atomic mass is 19.1. The number of benzene rings is 2. The first-order valence-electron chi connectivity index (χ1n) is 14.3. The summed E-state index contributed by atoms with van der Waals surface area (Å²) in [7, 11) is 0. The van der Waals surface area contributed by atoms with E-state index < -0.39 is 11.8 Å². The first-order chi connectivity index (χ1) is 20.4. The van der Waals surface area contributed by atoms with Gasteiger partial charge in [0.25, 0.3) is 0 Å². The molecule has 2 aliphatic rings. The number of halogens is 1. The predicted octanol–water partition coefficient (Wildman–Crippen LogP) is 5.45. The van der Waals surface area contributed by atoms with Crippen LogP contribution in [0.1, 0.15) is 71.1 Å². The first-order valence-corrected chi connectivity index (χ1v) is 14.3. The van der Waals surface area contributed by atoms with Crippen molar-refractivity contribution >= 4 is 17.0 Å². The van der Waals surface area contributed by atoms with Gasteiger partial charge in [0.15, 0.2) is 0 Å². The molecular formula is C32H32FN5O4. The maximum atomic E-state index is 14.3. The Morgan fingerprint density at radius 3 is 2.69 bits per heavy atom. The summed E-state index contributed by atoms with van der Waals surface area (Å²) < 4.78 is 28.0. The molecule has 2 fully saturated rings. The van der Waals surface area contributed by atoms with Gasteiger partial charge in [0.05, 0.1) is 46.9 Å². The van der Waals surface area contributed by atoms with Gasteiger partial charge in [-0.3, -0.25) is 9.88 Å². The van der Waals surface area contributed by atoms with E-state index in [4.69, 9.17) is 19.7 Å². The molecule has 216 valence electrons. The number of nitriles is 1. The van der Waals surface area contributed by atoms with Crippen LogP contribution in [0, 0.1) is 17.1 Å². The molecule has 2 aromatic heterocycles. The van der Waals surface area contributed by atoms with E-state index in [2.05, 4.69) is 21.4 Å². The molecule has 0 saturated carbocycles. The van der Waals surface area contributed by atoms with E-state index >= 15 is 0 Å². The van der Waals surface area contributed by atoms with Crippen LogP contribution in [0.5, 0.6) is 5.75 Å². The molecule has 0 bridgehead atoms. The number of pyridine rings is 1. The molecule has 0 aliphatic carbocycles. The van der Waals surface area contributed by atoms with Gasteiger partial charge >= 0.3 is 5.97 Å². The average molecular weight is 570 g/mol. The van der Waals surface area contributed by atoms with Crippen LogP contribution >= 0.6 is 0 Å². The van der Waals surface area contributed by atoms with Crippen LogP contribution in [-0.2, 0) is 17.9 Å². The fourth-order valence-corrected chi connectivity index (χ4v) is 5.80. The van der Waals surface area contributed by atoms with E-state index in [0.29, 0.717) is 17.9 Å². The zero-order chi connectivity index (χ0) is 29.2. The number of aromatic carboxylic acids is 1. The molecule has 0 spiro atoms. The molecule has 0 amide bonds. The molecule has 2 aliphatic heterocycles. The number of rotatable bonds is 9. The van der Waals surface area contributed by atoms with Crippen molar-refractivity contribution in [3.05, 3.63) is 88.8 Å². The monoisotopic (exact) mass is 569 g/mol. The number of carboxylic acid groups (broad SMARTS) is 1. The Bertz CT molecular complexity index is 1650. The van der Waals surface area contributed by atoms with Crippen molar-refractivity contribution in [3.63, 3.8) is 0 Å². The lowest BCUT2D eigenvalue weighted by Gasteiger charge is -2.36. The van der Waals surface area contributed by atoms with E-state index in [-0.39, 0.29) is 35.8 Å². The molecule has 10 heteroatoms. The number of aromatic nitrogens is 3. The highest BCUT2D eigenvalue weighted by Crippen LogP contribution is 2.34. The minimum absolute atomic E-state index is 0.0386. The number of fused-ring (bicyclic) bond motifs is 1. The van der Waals surface area contributed by atoms with Crippen molar-refractivity contribution in [3.8, 4) is 11.8 Å². The van der Waals surface area contributed by atoms with Crippen LogP contribution in [0.3, 0.4) is 0 Å². The lowest BCUT2D eigenvalue weighted by atomic mass is 9.92. The fourth-order valence-electron chi connectivity index (χ4n) is 5.80. The normalized spacial score (nSPS) is 18.4. The maximum absolute atomic E-state index is 14.3. The van der Waals surface area contributed by atoms with Gasteiger partial charge in [-0.2, -0.15) is 5.26 Å². The number of imidazole rings is 1. The van der Waals surface area contributed by atoms with Crippen molar-refractivity contribution < 1.29 is 23.8 Å². The zero-order valence-corrected chi connectivity index (χ0v) is 23.4. The highest BCUT2D eigenvalue weighted by Gasteiger charge is 2.30. The Labute approximate surface area is 243 Å². The van der Waals surface area contributed by atoms with Crippen LogP contribution < -0.4 is 4.74 Å². The number of ether oxygens (including phenoxy) is 2. The van der Waals surface area contributed by atoms with Crippen LogP contribution in [0.15, 0.2) is 54.7 Å². The van der Waals surface area contributed by atoms with E-state index in [1.165, 1.54) is 6.07 Å². The lowest BCUT2D eigenvalue weighted by molar-refractivity contribution is -0.0594. The van der Waals surface area contributed by atoms with E-state index in [0.717, 1.165) is 61.5 Å². The van der Waals surface area contributed by atoms with Gasteiger partial charge in [-0.15, -0.1) is 0 Å². The third-order valence-electron chi connectivity index (χ3n) is 8.40. The van der Waals surface area contributed by atoms with Crippen molar-refractivity contribution in [1.29, 1.82) is 5.26 Å². The summed E-state index contributed by atoms with van der Waals surface area (Å²) in [5, 5.41) is 18.5. The second-order valence-corrected chi connectivity index (χ2v) is 11.0. The number of hydrogen-bond donors (Lipinski definition) is 1. The fraction of sp³-hybridized carbons (Fsp3) is 0.375. The standard InChI is InChI=1S/C32H32FN5O4/c1-20(31-36-28-5-4-23(32(39)40)15-30(28)38(31)18-26-9-13-41-26)37-11-7-22(8-12-37)29-16-25(6-10-35-29)42-19-24-3-2-21(17-34)14-27(24)33/h2-6,10,14-16,20,22,26H,7-9,11-13,18-19H2,1H3,(H,39,40)/t20-,26-/m0/s1. The van der Waals surface area contributed by atoms with Gasteiger partial charge in [-0.05, 0) is 75.7 Å². The summed E-state index contributed by atoms with van der Waals surface area (Å²) in [6, 6.07) is 15.2. The Morgan fingerprint density at radius 2 is 2.00 bits per heavy atom. The Morgan fingerprint density at radius 1 is 1.19 bits per heavy atom. The van der Waals surface area contributed by atoms with Crippen LogP contribution in [0.25, 0.3) is 11.0 Å². The van der Waals surface area contributed by atoms with Crippen molar-refractivity contribution in [2.24, 2.45) is 0 Å². The number of hydrogen-bond acceptors (Lipinski definition) is 7. The summed E-state index contributed by atoms with van der Waals surface area (Å²) in [5.74, 6) is 0.410. The molecule has 4 heterocycles. The van der Waals surface area contributed by atoms with Gasteiger partial charge in [0.2, 0.25) is 0 Å². The molecule has 2 saturated heterocycles. The van der Waals surface area contributed by atoms with Crippen LogP contribution in [0.2, 0.25) is 0 Å². The molecule has 0 radical (unpaired) electrons. The second kappa shape index (κ2) is 11.9. The van der Waals surface area contributed by atoms with Crippen molar-refractivity contribution in [1.82, 2.24) is 19.4 Å². The van der Waals surface area contributed by atoms with Gasteiger partial charge in [0.1, 0.15) is 24.0 Å². The molecule has 6 rings (SSSR count). The Kier molecular flexibility index (Phi) is 7.87. The third-order valence-corrected chi connectivity index (χ3v) is 8.40. The molecule has 2 aromatic carbocycles. The molecule has 4 aromatic rings. The molecule has 1 N–H and O–H groups in total. The minimum Gasteiger partial charge on any atom is -0.489 e. The van der Waals surface area contributed by atoms with Gasteiger partial charge < -0.3 is 19.1 Å². The van der Waals surface area contributed by atoms with Crippen molar-refractivity contribution in [2.45, 2.75) is 57.4 Å². The second-order valence-electron chi connectivity index (χ2n) is 11.0. The van der Waals surface area contributed by atoms with Gasteiger partial charge in [-0.25, -0.2) is 14.2 Å². The molecular weight excluding hydrogens is 537 g/mol. The van der Waals surface area contributed by atoms with Gasteiger partial charge in [-0.1, -0.05) is 6.07 Å². The number of piperidine rings is 1. The summed E-state index contributed by atoms with van der Waals surface area (Å²) in [5.41, 5.74) is 3.49. The largest absolute Gasteiger partial charge is 0.489 e. The number of carboxylic acids is 1.